The lowest BCUT2D eigenvalue weighted by Gasteiger charge is -2.06. The molecule has 0 spiro atoms. The molecule has 0 saturated carbocycles. The molecule has 0 saturated heterocycles. The Hall–Kier alpha value is -1.82. The topological polar surface area (TPSA) is 89.7 Å². The number of carbonyl (C=O) groups excluding carboxylic acids is 1. The van der Waals surface area contributed by atoms with Gasteiger partial charge in [-0.1, -0.05) is 11.6 Å². The standard InChI is InChI=1S/C8H6ClNO5/c1-15-6-2-5(9)4(3-11)7(8(6)12)10(13)14/h2-3,12H,1H3. The summed E-state index contributed by atoms with van der Waals surface area (Å²) in [6, 6.07) is 1.13. The number of phenols is 1. The summed E-state index contributed by atoms with van der Waals surface area (Å²) < 4.78 is 4.66. The van der Waals surface area contributed by atoms with Gasteiger partial charge < -0.3 is 9.84 Å². The first kappa shape index (κ1) is 11.3. The van der Waals surface area contributed by atoms with E-state index < -0.39 is 16.4 Å². The van der Waals surface area contributed by atoms with E-state index in [4.69, 9.17) is 11.6 Å². The molecule has 6 nitrogen and oxygen atoms in total. The lowest BCUT2D eigenvalue weighted by Crippen LogP contribution is -1.98. The Morgan fingerprint density at radius 3 is 2.67 bits per heavy atom. The minimum absolute atomic E-state index is 0.147. The van der Waals surface area contributed by atoms with E-state index in [9.17, 15) is 20.0 Å². The summed E-state index contributed by atoms with van der Waals surface area (Å²) >= 11 is 5.60. The van der Waals surface area contributed by atoms with Gasteiger partial charge in [0.25, 0.3) is 0 Å². The summed E-state index contributed by atoms with van der Waals surface area (Å²) in [4.78, 5) is 20.3. The number of hydrogen-bond acceptors (Lipinski definition) is 5. The van der Waals surface area contributed by atoms with Crippen LogP contribution in [0.2, 0.25) is 5.02 Å². The van der Waals surface area contributed by atoms with Gasteiger partial charge in [-0.25, -0.2) is 0 Å². The van der Waals surface area contributed by atoms with Crippen LogP contribution in [0.3, 0.4) is 0 Å². The molecular formula is C8H6ClNO5. The molecule has 0 bridgehead atoms. The van der Waals surface area contributed by atoms with Gasteiger partial charge in [-0.15, -0.1) is 0 Å². The molecule has 0 radical (unpaired) electrons. The van der Waals surface area contributed by atoms with E-state index in [1.165, 1.54) is 7.11 Å². The van der Waals surface area contributed by atoms with E-state index >= 15 is 0 Å². The minimum Gasteiger partial charge on any atom is -0.499 e. The maximum atomic E-state index is 10.6. The molecule has 1 N–H and O–H groups in total. The van der Waals surface area contributed by atoms with Crippen LogP contribution in [0.1, 0.15) is 10.4 Å². The number of phenolic OH excluding ortho intramolecular Hbond substituents is 1. The van der Waals surface area contributed by atoms with Crippen molar-refractivity contribution in [2.75, 3.05) is 7.11 Å². The van der Waals surface area contributed by atoms with Gasteiger partial charge in [0, 0.05) is 6.07 Å². The Morgan fingerprint density at radius 1 is 1.67 bits per heavy atom. The summed E-state index contributed by atoms with van der Waals surface area (Å²) in [5.41, 5.74) is -1.13. The van der Waals surface area contributed by atoms with Crippen LogP contribution >= 0.6 is 11.6 Å². The summed E-state index contributed by atoms with van der Waals surface area (Å²) in [5.74, 6) is -0.869. The number of hydrogen-bond donors (Lipinski definition) is 1. The predicted octanol–water partition coefficient (Wildman–Crippen LogP) is 1.77. The molecule has 1 aromatic rings. The highest BCUT2D eigenvalue weighted by atomic mass is 35.5. The van der Waals surface area contributed by atoms with Crippen molar-refractivity contribution in [3.63, 3.8) is 0 Å². The predicted molar refractivity (Wildman–Crippen MR) is 51.7 cm³/mol. The SMILES string of the molecule is COc1cc(Cl)c(C=O)c([N+](=O)[O-])c1O. The number of ether oxygens (including phenoxy) is 1. The van der Waals surface area contributed by atoms with Crippen LogP contribution in [0, 0.1) is 10.1 Å². The normalized spacial score (nSPS) is 9.73. The molecule has 7 heteroatoms. The third kappa shape index (κ3) is 1.84. The van der Waals surface area contributed by atoms with Gasteiger partial charge in [0.15, 0.2) is 12.0 Å². The fraction of sp³-hybridized carbons (Fsp3) is 0.125. The second-order valence-corrected chi connectivity index (χ2v) is 2.95. The van der Waals surface area contributed by atoms with Gasteiger partial charge in [-0.3, -0.25) is 14.9 Å². The Balaban J connectivity index is 3.62. The zero-order valence-corrected chi connectivity index (χ0v) is 8.32. The summed E-state index contributed by atoms with van der Waals surface area (Å²) in [5, 5.41) is 19.9. The number of aldehydes is 1. The van der Waals surface area contributed by atoms with Crippen LogP contribution in [0.15, 0.2) is 6.07 Å². The fourth-order valence-electron chi connectivity index (χ4n) is 1.07. The van der Waals surface area contributed by atoms with Crippen molar-refractivity contribution in [2.45, 2.75) is 0 Å². The van der Waals surface area contributed by atoms with Crippen molar-refractivity contribution in [1.82, 2.24) is 0 Å². The van der Waals surface area contributed by atoms with Gasteiger partial charge in [-0.05, 0) is 0 Å². The lowest BCUT2D eigenvalue weighted by atomic mass is 10.1. The molecule has 0 amide bonds. The van der Waals surface area contributed by atoms with Gasteiger partial charge in [-0.2, -0.15) is 0 Å². The van der Waals surface area contributed by atoms with Crippen molar-refractivity contribution < 1.29 is 19.6 Å². The zero-order valence-electron chi connectivity index (χ0n) is 7.56. The number of carbonyl (C=O) groups is 1. The third-order valence-corrected chi connectivity index (χ3v) is 2.06. The second kappa shape index (κ2) is 4.14. The number of halogens is 1. The molecule has 15 heavy (non-hydrogen) atoms. The highest BCUT2D eigenvalue weighted by Crippen LogP contribution is 2.41. The Labute approximate surface area is 89.2 Å². The van der Waals surface area contributed by atoms with E-state index in [0.29, 0.717) is 0 Å². The maximum Gasteiger partial charge on any atom is 0.326 e. The number of methoxy groups -OCH3 is 1. The molecule has 0 aromatic heterocycles. The average Bonchev–Trinajstić information content (AvgIpc) is 2.19. The molecule has 0 fully saturated rings. The zero-order chi connectivity index (χ0) is 11.6. The van der Waals surface area contributed by atoms with E-state index in [1.807, 2.05) is 0 Å². The number of benzene rings is 1. The molecular weight excluding hydrogens is 226 g/mol. The van der Waals surface area contributed by atoms with Crippen LogP contribution in [0.4, 0.5) is 5.69 Å². The van der Waals surface area contributed by atoms with Crippen LogP contribution < -0.4 is 4.74 Å². The Kier molecular flexibility index (Phi) is 3.11. The van der Waals surface area contributed by atoms with Crippen LogP contribution in [0.5, 0.6) is 11.5 Å². The van der Waals surface area contributed by atoms with Gasteiger partial charge >= 0.3 is 5.69 Å². The highest BCUT2D eigenvalue weighted by molar-refractivity contribution is 6.33. The first-order chi connectivity index (χ1) is 7.02. The van der Waals surface area contributed by atoms with Crippen molar-refractivity contribution >= 4 is 23.6 Å². The molecule has 1 aromatic carbocycles. The highest BCUT2D eigenvalue weighted by Gasteiger charge is 2.26. The lowest BCUT2D eigenvalue weighted by molar-refractivity contribution is -0.386. The first-order valence-electron chi connectivity index (χ1n) is 3.72. The van der Waals surface area contributed by atoms with Crippen LogP contribution in [0.25, 0.3) is 0 Å². The van der Waals surface area contributed by atoms with E-state index in [-0.39, 0.29) is 22.6 Å². The first-order valence-corrected chi connectivity index (χ1v) is 4.09. The molecule has 0 unspecified atom stereocenters. The molecule has 80 valence electrons. The van der Waals surface area contributed by atoms with Crippen LogP contribution in [-0.4, -0.2) is 23.4 Å². The Morgan fingerprint density at radius 2 is 2.27 bits per heavy atom. The monoisotopic (exact) mass is 231 g/mol. The van der Waals surface area contributed by atoms with Crippen LogP contribution in [-0.2, 0) is 0 Å². The Bertz CT molecular complexity index is 432. The van der Waals surface area contributed by atoms with Crippen molar-refractivity contribution in [2.24, 2.45) is 0 Å². The van der Waals surface area contributed by atoms with Gasteiger partial charge in [0.2, 0.25) is 5.75 Å². The summed E-state index contributed by atoms with van der Waals surface area (Å²) in [6.45, 7) is 0. The van der Waals surface area contributed by atoms with E-state index in [2.05, 4.69) is 4.74 Å². The minimum atomic E-state index is -0.895. The molecule has 0 heterocycles. The smallest absolute Gasteiger partial charge is 0.326 e. The molecule has 0 aliphatic carbocycles. The van der Waals surface area contributed by atoms with Crippen molar-refractivity contribution in [3.8, 4) is 11.5 Å². The number of nitro benzene ring substituents is 1. The molecule has 1 rings (SSSR count). The number of rotatable bonds is 3. The number of aromatic hydroxyl groups is 1. The van der Waals surface area contributed by atoms with Gasteiger partial charge in [0.1, 0.15) is 5.56 Å². The molecule has 0 aliphatic rings. The van der Waals surface area contributed by atoms with Gasteiger partial charge in [0.05, 0.1) is 17.1 Å². The molecule has 0 atom stereocenters. The summed E-state index contributed by atoms with van der Waals surface area (Å²) in [6.07, 6.45) is 0.208. The van der Waals surface area contributed by atoms with E-state index in [1.54, 1.807) is 0 Å². The fourth-order valence-corrected chi connectivity index (χ4v) is 1.30. The van der Waals surface area contributed by atoms with E-state index in [0.717, 1.165) is 6.07 Å². The maximum absolute atomic E-state index is 10.6. The third-order valence-electron chi connectivity index (χ3n) is 1.75. The number of nitrogens with zero attached hydrogens (tertiary/aromatic N) is 1. The van der Waals surface area contributed by atoms with Crippen molar-refractivity contribution in [1.29, 1.82) is 0 Å². The quantitative estimate of drug-likeness (QED) is 0.486. The largest absolute Gasteiger partial charge is 0.499 e. The average molecular weight is 232 g/mol. The molecule has 0 aliphatic heterocycles. The second-order valence-electron chi connectivity index (χ2n) is 2.55. The summed E-state index contributed by atoms with van der Waals surface area (Å²) in [7, 11) is 1.22. The van der Waals surface area contributed by atoms with Crippen molar-refractivity contribution in [3.05, 3.63) is 26.8 Å². The number of nitro groups is 1.